The Labute approximate surface area is 165 Å². The van der Waals surface area contributed by atoms with E-state index in [0.29, 0.717) is 16.9 Å². The van der Waals surface area contributed by atoms with Crippen LogP contribution in [0.15, 0.2) is 46.5 Å². The molecule has 1 heterocycles. The first-order valence-corrected chi connectivity index (χ1v) is 9.42. The van der Waals surface area contributed by atoms with Gasteiger partial charge in [-0.05, 0) is 30.0 Å². The molecule has 2 aromatic rings. The SMILES string of the molecule is Cn1c(=O)n([C@H]2C(O)C(O)[C@]3(CO)C[C@H]23)cc/c1=N/OCc1ccc(Cl)cc1. The Morgan fingerprint density at radius 2 is 2.00 bits per heavy atom. The van der Waals surface area contributed by atoms with Crippen molar-refractivity contribution in [3.05, 3.63) is 63.1 Å². The average molecular weight is 408 g/mol. The average Bonchev–Trinajstić information content (AvgIpc) is 3.38. The molecule has 2 unspecified atom stereocenters. The number of aromatic nitrogens is 2. The summed E-state index contributed by atoms with van der Waals surface area (Å²) in [5.74, 6) is -0.135. The van der Waals surface area contributed by atoms with Gasteiger partial charge in [0.05, 0.1) is 18.8 Å². The second-order valence-electron chi connectivity index (χ2n) is 7.54. The Bertz CT molecular complexity index is 1000. The molecule has 0 aliphatic heterocycles. The fraction of sp³-hybridized carbons (Fsp3) is 0.474. The highest BCUT2D eigenvalue weighted by Gasteiger charge is 2.71. The molecule has 8 nitrogen and oxygen atoms in total. The smallest absolute Gasteiger partial charge is 0.329 e. The van der Waals surface area contributed by atoms with E-state index < -0.39 is 23.7 Å². The van der Waals surface area contributed by atoms with Crippen LogP contribution in [0.1, 0.15) is 18.0 Å². The zero-order valence-corrected chi connectivity index (χ0v) is 16.0. The van der Waals surface area contributed by atoms with Gasteiger partial charge in [0.1, 0.15) is 12.7 Å². The largest absolute Gasteiger partial charge is 0.396 e. The van der Waals surface area contributed by atoms with E-state index in [2.05, 4.69) is 5.16 Å². The first-order valence-electron chi connectivity index (χ1n) is 9.04. The Morgan fingerprint density at radius 3 is 2.64 bits per heavy atom. The van der Waals surface area contributed by atoms with Gasteiger partial charge >= 0.3 is 5.69 Å². The number of rotatable bonds is 5. The zero-order valence-electron chi connectivity index (χ0n) is 15.3. The van der Waals surface area contributed by atoms with Crippen molar-refractivity contribution in [2.24, 2.45) is 23.5 Å². The van der Waals surface area contributed by atoms with Crippen LogP contribution in [0.3, 0.4) is 0 Å². The lowest BCUT2D eigenvalue weighted by Crippen LogP contribution is -2.43. The van der Waals surface area contributed by atoms with Crippen molar-refractivity contribution in [3.8, 4) is 0 Å². The quantitative estimate of drug-likeness (QED) is 0.611. The van der Waals surface area contributed by atoms with Crippen LogP contribution in [-0.4, -0.2) is 43.3 Å². The van der Waals surface area contributed by atoms with Crippen molar-refractivity contribution in [3.63, 3.8) is 0 Å². The Balaban J connectivity index is 1.56. The predicted molar refractivity (Wildman–Crippen MR) is 100 cm³/mol. The van der Waals surface area contributed by atoms with E-state index in [1.807, 2.05) is 12.1 Å². The van der Waals surface area contributed by atoms with Crippen molar-refractivity contribution in [1.82, 2.24) is 9.13 Å². The molecule has 1 aromatic heterocycles. The minimum atomic E-state index is -1.10. The normalized spacial score (nSPS) is 31.7. The van der Waals surface area contributed by atoms with E-state index in [-0.39, 0.29) is 24.8 Å². The highest BCUT2D eigenvalue weighted by molar-refractivity contribution is 6.30. The monoisotopic (exact) mass is 407 g/mol. The van der Waals surface area contributed by atoms with Gasteiger partial charge in [-0.3, -0.25) is 9.13 Å². The summed E-state index contributed by atoms with van der Waals surface area (Å²) in [4.78, 5) is 18.1. The van der Waals surface area contributed by atoms with Gasteiger partial charge in [0.15, 0.2) is 5.49 Å². The van der Waals surface area contributed by atoms with Gasteiger partial charge < -0.3 is 20.2 Å². The van der Waals surface area contributed by atoms with Crippen LogP contribution >= 0.6 is 11.6 Å². The van der Waals surface area contributed by atoms with Gasteiger partial charge in [0.25, 0.3) is 0 Å². The first-order chi connectivity index (χ1) is 13.4. The maximum atomic E-state index is 12.8. The van der Waals surface area contributed by atoms with Crippen molar-refractivity contribution in [2.75, 3.05) is 6.61 Å². The molecule has 0 spiro atoms. The standard InChI is InChI=1S/C19H22ClN3O5/c1-22-14(21-28-9-11-2-4-12(20)5-3-11)6-7-23(18(22)27)15-13-8-19(13,10-24)17(26)16(15)25/h2-7,13,15-17,24-26H,8-10H2,1H3/b21-14-/t13-,15-,16?,17?,19+/m1/s1. The first kappa shape index (κ1) is 19.2. The van der Waals surface area contributed by atoms with Crippen molar-refractivity contribution in [2.45, 2.75) is 31.3 Å². The summed E-state index contributed by atoms with van der Waals surface area (Å²) < 4.78 is 2.73. The lowest BCUT2D eigenvalue weighted by molar-refractivity contribution is -0.0311. The van der Waals surface area contributed by atoms with Gasteiger partial charge in [-0.2, -0.15) is 0 Å². The summed E-state index contributed by atoms with van der Waals surface area (Å²) in [6.45, 7) is 0.0219. The lowest BCUT2D eigenvalue weighted by Gasteiger charge is -2.24. The number of nitrogens with zero attached hydrogens (tertiary/aromatic N) is 3. The van der Waals surface area contributed by atoms with Crippen molar-refractivity contribution in [1.29, 1.82) is 0 Å². The minimum Gasteiger partial charge on any atom is -0.396 e. The van der Waals surface area contributed by atoms with Gasteiger partial charge in [-0.25, -0.2) is 4.79 Å². The molecule has 150 valence electrons. The summed E-state index contributed by atoms with van der Waals surface area (Å²) in [5.41, 5.74) is 0.134. The van der Waals surface area contributed by atoms with E-state index in [1.54, 1.807) is 31.4 Å². The van der Waals surface area contributed by atoms with Crippen LogP contribution in [0, 0.1) is 11.3 Å². The fourth-order valence-electron chi connectivity index (χ4n) is 4.22. The van der Waals surface area contributed by atoms with Crippen LogP contribution in [0.4, 0.5) is 0 Å². The lowest BCUT2D eigenvalue weighted by atomic mass is 10.0. The number of benzene rings is 1. The van der Waals surface area contributed by atoms with Gasteiger partial charge in [-0.1, -0.05) is 28.9 Å². The number of fused-ring (bicyclic) bond motifs is 1. The van der Waals surface area contributed by atoms with Crippen molar-refractivity contribution < 1.29 is 20.2 Å². The highest BCUT2D eigenvalue weighted by atomic mass is 35.5. The van der Waals surface area contributed by atoms with E-state index in [1.165, 1.54) is 9.13 Å². The molecule has 2 saturated carbocycles. The second-order valence-corrected chi connectivity index (χ2v) is 7.98. The maximum absolute atomic E-state index is 12.8. The Morgan fingerprint density at radius 1 is 1.29 bits per heavy atom. The number of aliphatic hydroxyl groups excluding tert-OH is 3. The Kier molecular flexibility index (Phi) is 4.83. The molecule has 9 heteroatoms. The summed E-state index contributed by atoms with van der Waals surface area (Å²) in [6, 6.07) is 8.20. The molecular weight excluding hydrogens is 386 g/mol. The van der Waals surface area contributed by atoms with E-state index in [9.17, 15) is 20.1 Å². The third-order valence-corrected chi connectivity index (χ3v) is 6.26. The molecule has 0 bridgehead atoms. The molecule has 3 N–H and O–H groups in total. The predicted octanol–water partition coefficient (Wildman–Crippen LogP) is 0.148. The van der Waals surface area contributed by atoms with E-state index in [4.69, 9.17) is 16.4 Å². The molecule has 2 fully saturated rings. The molecule has 1 aromatic carbocycles. The molecule has 4 rings (SSSR count). The van der Waals surface area contributed by atoms with Gasteiger partial charge in [0, 0.05) is 29.7 Å². The number of halogens is 1. The molecule has 28 heavy (non-hydrogen) atoms. The van der Waals surface area contributed by atoms with Gasteiger partial charge in [0.2, 0.25) is 0 Å². The van der Waals surface area contributed by atoms with Gasteiger partial charge in [-0.15, -0.1) is 0 Å². The number of hydrogen-bond donors (Lipinski definition) is 3. The third kappa shape index (κ3) is 2.97. The maximum Gasteiger partial charge on any atom is 0.329 e. The third-order valence-electron chi connectivity index (χ3n) is 6.01. The molecule has 0 amide bonds. The van der Waals surface area contributed by atoms with Crippen LogP contribution < -0.4 is 11.2 Å². The molecule has 0 radical (unpaired) electrons. The Hall–Kier alpha value is -2.13. The topological polar surface area (TPSA) is 109 Å². The number of aliphatic hydroxyl groups is 3. The molecule has 2 aliphatic rings. The van der Waals surface area contributed by atoms with E-state index >= 15 is 0 Å². The fourth-order valence-corrected chi connectivity index (χ4v) is 4.34. The minimum absolute atomic E-state index is 0.135. The molecular formula is C19H22ClN3O5. The molecule has 2 aliphatic carbocycles. The van der Waals surface area contributed by atoms with E-state index in [0.717, 1.165) is 5.56 Å². The summed E-state index contributed by atoms with van der Waals surface area (Å²) in [7, 11) is 1.56. The summed E-state index contributed by atoms with van der Waals surface area (Å²) in [5, 5.41) is 34.9. The highest BCUT2D eigenvalue weighted by Crippen LogP contribution is 2.66. The summed E-state index contributed by atoms with van der Waals surface area (Å²) >= 11 is 5.85. The molecule has 5 atom stereocenters. The van der Waals surface area contributed by atoms with Crippen molar-refractivity contribution >= 4 is 11.6 Å². The summed E-state index contributed by atoms with van der Waals surface area (Å²) in [6.07, 6.45) is -0.0257. The van der Waals surface area contributed by atoms with Crippen LogP contribution in [-0.2, 0) is 18.5 Å². The van der Waals surface area contributed by atoms with Crippen LogP contribution in [0.5, 0.6) is 0 Å². The van der Waals surface area contributed by atoms with Crippen LogP contribution in [0.25, 0.3) is 0 Å². The van der Waals surface area contributed by atoms with Crippen LogP contribution in [0.2, 0.25) is 5.02 Å². The number of hydrogen-bond acceptors (Lipinski definition) is 6. The zero-order chi connectivity index (χ0) is 20.1. The second kappa shape index (κ2) is 7.04. The molecule has 0 saturated heterocycles.